The van der Waals surface area contributed by atoms with Gasteiger partial charge < -0.3 is 0 Å². The van der Waals surface area contributed by atoms with Crippen LogP contribution in [-0.2, 0) is 31.1 Å². The normalized spacial score (nSPS) is 16.9. The summed E-state index contributed by atoms with van der Waals surface area (Å²) < 4.78 is 32.0. The number of amides is 1. The highest BCUT2D eigenvalue weighted by Gasteiger charge is 2.52. The molecule has 1 aliphatic heterocycles. The van der Waals surface area contributed by atoms with Crippen molar-refractivity contribution in [3.8, 4) is 0 Å². The first-order valence-electron chi connectivity index (χ1n) is 12.1. The van der Waals surface area contributed by atoms with Crippen LogP contribution in [0.4, 0.5) is 11.4 Å². The number of benzene rings is 3. The Morgan fingerprint density at radius 1 is 0.897 bits per heavy atom. The fourth-order valence-electron chi connectivity index (χ4n) is 4.89. The average Bonchev–Trinajstić information content (AvgIpc) is 3.17. The van der Waals surface area contributed by atoms with Crippen LogP contribution in [0.2, 0.25) is 0 Å². The third-order valence-electron chi connectivity index (χ3n) is 6.76. The number of carbonyl (C=O) groups excluding carboxylic acids is 1. The van der Waals surface area contributed by atoms with Crippen molar-refractivity contribution in [3.05, 3.63) is 124 Å². The van der Waals surface area contributed by atoms with Gasteiger partial charge in [-0.3, -0.25) is 19.5 Å². The van der Waals surface area contributed by atoms with Crippen LogP contribution in [0.1, 0.15) is 23.7 Å². The minimum Gasteiger partial charge on any atom is -0.276 e. The fourth-order valence-corrected chi connectivity index (χ4v) is 6.08. The molecular formula is C29H22N4O5S. The van der Waals surface area contributed by atoms with E-state index in [2.05, 4.69) is 15.2 Å². The van der Waals surface area contributed by atoms with E-state index < -0.39 is 21.6 Å². The summed E-state index contributed by atoms with van der Waals surface area (Å²) in [6.07, 6.45) is 3.54. The molecule has 2 aromatic heterocycles. The number of pyridine rings is 1. The molecule has 1 aliphatic rings. The summed E-state index contributed by atoms with van der Waals surface area (Å²) in [5, 5.41) is 8.03. The van der Waals surface area contributed by atoms with E-state index in [9.17, 15) is 18.0 Å². The molecule has 5 aromatic rings. The number of para-hydroxylation sites is 1. The monoisotopic (exact) mass is 538 g/mol. The smallest absolute Gasteiger partial charge is 0.276 e. The summed E-state index contributed by atoms with van der Waals surface area (Å²) in [5.74, 6) is -0.560. The van der Waals surface area contributed by atoms with Gasteiger partial charge in [-0.1, -0.05) is 54.6 Å². The molecule has 39 heavy (non-hydrogen) atoms. The van der Waals surface area contributed by atoms with Gasteiger partial charge in [0, 0.05) is 23.6 Å². The van der Waals surface area contributed by atoms with Crippen molar-refractivity contribution in [2.75, 3.05) is 4.90 Å². The molecule has 3 heterocycles. The number of nitrogens with zero attached hydrogens (tertiary/aromatic N) is 3. The maximum Gasteiger partial charge on any atom is 0.298 e. The molecule has 194 valence electrons. The van der Waals surface area contributed by atoms with Crippen LogP contribution in [0.15, 0.2) is 107 Å². The number of aromatic amines is 1. The lowest BCUT2D eigenvalue weighted by molar-refractivity contribution is -0.130. The number of H-pyrrole nitrogens is 1. The maximum atomic E-state index is 13.9. The van der Waals surface area contributed by atoms with E-state index in [1.165, 1.54) is 30.2 Å². The highest BCUT2D eigenvalue weighted by Crippen LogP contribution is 2.47. The van der Waals surface area contributed by atoms with Crippen molar-refractivity contribution in [1.29, 1.82) is 0 Å². The Bertz CT molecular complexity index is 1910. The van der Waals surface area contributed by atoms with E-state index in [1.54, 1.807) is 66.9 Å². The van der Waals surface area contributed by atoms with E-state index in [4.69, 9.17) is 4.18 Å². The van der Waals surface area contributed by atoms with Crippen LogP contribution in [0.3, 0.4) is 0 Å². The van der Waals surface area contributed by atoms with Gasteiger partial charge in [0.15, 0.2) is 5.60 Å². The number of fused-ring (bicyclic) bond motifs is 2. The van der Waals surface area contributed by atoms with Crippen LogP contribution in [0.5, 0.6) is 0 Å². The molecule has 6 rings (SSSR count). The van der Waals surface area contributed by atoms with Crippen molar-refractivity contribution in [2.45, 2.75) is 23.8 Å². The molecule has 3 aromatic carbocycles. The number of carbonyl (C=O) groups is 1. The largest absolute Gasteiger partial charge is 0.298 e. The second kappa shape index (κ2) is 9.26. The average molecular weight is 539 g/mol. The lowest BCUT2D eigenvalue weighted by Crippen LogP contribution is -2.39. The Morgan fingerprint density at radius 3 is 2.38 bits per heavy atom. The maximum absolute atomic E-state index is 13.9. The quantitative estimate of drug-likeness (QED) is 0.321. The molecule has 9 nitrogen and oxygen atoms in total. The van der Waals surface area contributed by atoms with Gasteiger partial charge in [0.2, 0.25) is 0 Å². The molecule has 0 saturated heterocycles. The van der Waals surface area contributed by atoms with Gasteiger partial charge in [-0.2, -0.15) is 13.5 Å². The number of rotatable bonds is 6. The Kier molecular flexibility index (Phi) is 5.86. The summed E-state index contributed by atoms with van der Waals surface area (Å²) >= 11 is 0. The molecule has 0 bridgehead atoms. The van der Waals surface area contributed by atoms with Crippen molar-refractivity contribution in [2.24, 2.45) is 0 Å². The van der Waals surface area contributed by atoms with Gasteiger partial charge >= 0.3 is 0 Å². The van der Waals surface area contributed by atoms with Gasteiger partial charge in [0.1, 0.15) is 0 Å². The van der Waals surface area contributed by atoms with Gasteiger partial charge in [-0.25, -0.2) is 9.28 Å². The zero-order valence-corrected chi connectivity index (χ0v) is 21.6. The standard InChI is InChI=1S/C29H22N4O5S/c1-29(38-39(36,37)21-9-3-2-4-10-21)24-13-7-8-14-26(24)33(28(29)35)20-15-19(17-30-18-20)16-25-22-11-5-6-12-23(22)27(34)32-31-25/h2-15,17-18H,16H2,1H3,(H,32,34)/t29-/m0/s1. The molecule has 0 saturated carbocycles. The Hall–Kier alpha value is -4.67. The Balaban J connectivity index is 1.38. The highest BCUT2D eigenvalue weighted by molar-refractivity contribution is 7.86. The topological polar surface area (TPSA) is 122 Å². The van der Waals surface area contributed by atoms with Crippen molar-refractivity contribution in [3.63, 3.8) is 0 Å². The summed E-state index contributed by atoms with van der Waals surface area (Å²) in [5.41, 5.74) is 0.701. The minimum absolute atomic E-state index is 0.0424. The van der Waals surface area contributed by atoms with Crippen LogP contribution in [0.25, 0.3) is 10.8 Å². The fraction of sp³-hybridized carbons (Fsp3) is 0.103. The summed E-state index contributed by atoms with van der Waals surface area (Å²) in [6, 6.07) is 23.6. The minimum atomic E-state index is -4.26. The SMILES string of the molecule is C[C@@]1(OS(=O)(=O)c2ccccc2)C(=O)N(c2cncc(Cc3n[nH]c(=O)c4ccccc34)c2)c2ccccc21. The van der Waals surface area contributed by atoms with Crippen LogP contribution in [-0.4, -0.2) is 29.5 Å². The number of hydrogen-bond acceptors (Lipinski definition) is 7. The number of hydrogen-bond donors (Lipinski definition) is 1. The first kappa shape index (κ1) is 24.7. The molecule has 1 atom stereocenters. The molecule has 0 radical (unpaired) electrons. The zero-order valence-electron chi connectivity index (χ0n) is 20.7. The van der Waals surface area contributed by atoms with Crippen LogP contribution >= 0.6 is 0 Å². The zero-order chi connectivity index (χ0) is 27.2. The molecule has 0 spiro atoms. The molecular weight excluding hydrogens is 516 g/mol. The predicted molar refractivity (Wildman–Crippen MR) is 145 cm³/mol. The number of nitrogens with one attached hydrogen (secondary N) is 1. The number of aromatic nitrogens is 3. The van der Waals surface area contributed by atoms with E-state index in [0.717, 1.165) is 10.9 Å². The molecule has 1 amide bonds. The molecule has 10 heteroatoms. The highest BCUT2D eigenvalue weighted by atomic mass is 32.2. The molecule has 0 unspecified atom stereocenters. The van der Waals surface area contributed by atoms with Gasteiger partial charge in [0.25, 0.3) is 21.6 Å². The van der Waals surface area contributed by atoms with E-state index >= 15 is 0 Å². The molecule has 0 aliphatic carbocycles. The van der Waals surface area contributed by atoms with Crippen LogP contribution in [0, 0.1) is 0 Å². The summed E-state index contributed by atoms with van der Waals surface area (Å²) in [6.45, 7) is 1.46. The summed E-state index contributed by atoms with van der Waals surface area (Å²) in [7, 11) is -4.26. The van der Waals surface area contributed by atoms with E-state index in [-0.39, 0.29) is 10.5 Å². The molecule has 1 N–H and O–H groups in total. The third kappa shape index (κ3) is 4.19. The third-order valence-corrected chi connectivity index (χ3v) is 8.17. The second-order valence-corrected chi connectivity index (χ2v) is 10.9. The van der Waals surface area contributed by atoms with Gasteiger partial charge in [-0.05, 0) is 42.8 Å². The lowest BCUT2D eigenvalue weighted by atomic mass is 9.98. The van der Waals surface area contributed by atoms with Gasteiger partial charge in [0.05, 0.1) is 33.5 Å². The van der Waals surface area contributed by atoms with Crippen LogP contribution < -0.4 is 10.5 Å². The molecule has 0 fully saturated rings. The summed E-state index contributed by atoms with van der Waals surface area (Å²) in [4.78, 5) is 31.8. The predicted octanol–water partition coefficient (Wildman–Crippen LogP) is 4.21. The first-order valence-corrected chi connectivity index (χ1v) is 13.5. The van der Waals surface area contributed by atoms with Crippen molar-refractivity contribution < 1.29 is 17.4 Å². The van der Waals surface area contributed by atoms with E-state index in [1.807, 2.05) is 12.1 Å². The first-order chi connectivity index (χ1) is 18.8. The van der Waals surface area contributed by atoms with Crippen molar-refractivity contribution >= 4 is 38.2 Å². The lowest BCUT2D eigenvalue weighted by Gasteiger charge is -2.24. The Labute approximate surface area is 223 Å². The van der Waals surface area contributed by atoms with Crippen molar-refractivity contribution in [1.82, 2.24) is 15.2 Å². The van der Waals surface area contributed by atoms with E-state index in [0.29, 0.717) is 34.4 Å². The van der Waals surface area contributed by atoms with Gasteiger partial charge in [-0.15, -0.1) is 0 Å². The Morgan fingerprint density at radius 2 is 1.59 bits per heavy atom. The second-order valence-electron chi connectivity index (χ2n) is 9.31. The number of anilines is 2.